The molecule has 0 atom stereocenters. The van der Waals surface area contributed by atoms with Gasteiger partial charge in [0, 0.05) is 20.3 Å². The summed E-state index contributed by atoms with van der Waals surface area (Å²) in [5, 5.41) is 5.97. The average molecular weight is 398 g/mol. The van der Waals surface area contributed by atoms with E-state index in [0.29, 0.717) is 0 Å². The third-order valence-electron chi connectivity index (χ3n) is 2.76. The lowest BCUT2D eigenvalue weighted by Gasteiger charge is -2.10. The van der Waals surface area contributed by atoms with Crippen molar-refractivity contribution in [3.8, 4) is 0 Å². The molecule has 0 unspecified atom stereocenters. The highest BCUT2D eigenvalue weighted by molar-refractivity contribution is 9.10. The van der Waals surface area contributed by atoms with Gasteiger partial charge >= 0.3 is 0 Å². The smallest absolute Gasteiger partial charge is 0.243 e. The van der Waals surface area contributed by atoms with Crippen LogP contribution in [0.3, 0.4) is 0 Å². The van der Waals surface area contributed by atoms with Gasteiger partial charge in [0.2, 0.25) is 5.91 Å². The third-order valence-corrected chi connectivity index (χ3v) is 3.78. The number of carbonyl (C=O) groups is 1. The molecule has 0 aromatic heterocycles. The Bertz CT molecular complexity index is 612. The second-order valence-electron chi connectivity index (χ2n) is 4.37. The molecule has 0 spiro atoms. The molecular formula is C15H14Br2N2O. The van der Waals surface area contributed by atoms with Crippen LogP contribution in [0.2, 0.25) is 0 Å². The van der Waals surface area contributed by atoms with Crippen molar-refractivity contribution in [1.82, 2.24) is 0 Å². The molecule has 1 amide bonds. The van der Waals surface area contributed by atoms with Crippen molar-refractivity contribution in [3.05, 3.63) is 57.0 Å². The molecular weight excluding hydrogens is 384 g/mol. The van der Waals surface area contributed by atoms with Crippen LogP contribution in [0.5, 0.6) is 0 Å². The van der Waals surface area contributed by atoms with Crippen molar-refractivity contribution in [2.75, 3.05) is 17.2 Å². The lowest BCUT2D eigenvalue weighted by atomic mass is 10.2. The molecule has 0 heterocycles. The van der Waals surface area contributed by atoms with Gasteiger partial charge in [0.15, 0.2) is 0 Å². The molecule has 104 valence electrons. The molecule has 2 rings (SSSR count). The monoisotopic (exact) mass is 396 g/mol. The zero-order valence-corrected chi connectivity index (χ0v) is 14.1. The Morgan fingerprint density at radius 1 is 1.05 bits per heavy atom. The summed E-state index contributed by atoms with van der Waals surface area (Å²) < 4.78 is 2.01. The van der Waals surface area contributed by atoms with Gasteiger partial charge in [-0.2, -0.15) is 0 Å². The van der Waals surface area contributed by atoms with Gasteiger partial charge in [-0.25, -0.2) is 0 Å². The number of halogens is 2. The van der Waals surface area contributed by atoms with Gasteiger partial charge in [-0.3, -0.25) is 4.79 Å². The molecule has 0 aliphatic carbocycles. The van der Waals surface area contributed by atoms with Gasteiger partial charge in [-0.15, -0.1) is 0 Å². The van der Waals surface area contributed by atoms with E-state index in [-0.39, 0.29) is 12.5 Å². The van der Waals surface area contributed by atoms with Crippen LogP contribution in [-0.4, -0.2) is 12.5 Å². The van der Waals surface area contributed by atoms with Crippen molar-refractivity contribution >= 4 is 49.1 Å². The lowest BCUT2D eigenvalue weighted by Crippen LogP contribution is -2.22. The molecule has 5 heteroatoms. The fraction of sp³-hybridized carbons (Fsp3) is 0.133. The first-order valence-electron chi connectivity index (χ1n) is 6.10. The van der Waals surface area contributed by atoms with Gasteiger partial charge in [-0.1, -0.05) is 31.9 Å². The lowest BCUT2D eigenvalue weighted by molar-refractivity contribution is -0.114. The number of anilines is 2. The van der Waals surface area contributed by atoms with E-state index in [0.717, 1.165) is 25.9 Å². The van der Waals surface area contributed by atoms with Crippen LogP contribution >= 0.6 is 31.9 Å². The van der Waals surface area contributed by atoms with E-state index in [9.17, 15) is 4.79 Å². The highest BCUT2D eigenvalue weighted by Gasteiger charge is 2.05. The van der Waals surface area contributed by atoms with E-state index in [4.69, 9.17) is 0 Å². The Kier molecular flexibility index (Phi) is 5.20. The van der Waals surface area contributed by atoms with E-state index in [1.54, 1.807) is 0 Å². The Morgan fingerprint density at radius 3 is 2.35 bits per heavy atom. The predicted molar refractivity (Wildman–Crippen MR) is 90.1 cm³/mol. The summed E-state index contributed by atoms with van der Waals surface area (Å²) in [5.74, 6) is -0.0710. The summed E-state index contributed by atoms with van der Waals surface area (Å²) in [5.41, 5.74) is 2.77. The van der Waals surface area contributed by atoms with E-state index in [1.165, 1.54) is 0 Å². The van der Waals surface area contributed by atoms with Crippen LogP contribution in [0.4, 0.5) is 11.4 Å². The minimum Gasteiger partial charge on any atom is -0.376 e. The number of hydrogen-bond donors (Lipinski definition) is 2. The molecule has 0 aliphatic heterocycles. The number of amides is 1. The number of carbonyl (C=O) groups excluding carboxylic acids is 1. The maximum atomic E-state index is 11.9. The maximum absolute atomic E-state index is 11.9. The highest BCUT2D eigenvalue weighted by Crippen LogP contribution is 2.20. The van der Waals surface area contributed by atoms with E-state index in [2.05, 4.69) is 42.5 Å². The quantitative estimate of drug-likeness (QED) is 0.793. The number of hydrogen-bond acceptors (Lipinski definition) is 2. The average Bonchev–Trinajstić information content (AvgIpc) is 2.41. The molecule has 0 saturated carbocycles. The summed E-state index contributed by atoms with van der Waals surface area (Å²) >= 11 is 6.77. The Balaban J connectivity index is 1.90. The van der Waals surface area contributed by atoms with E-state index < -0.39 is 0 Å². The molecule has 2 aromatic carbocycles. The van der Waals surface area contributed by atoms with Crippen molar-refractivity contribution in [1.29, 1.82) is 0 Å². The first kappa shape index (κ1) is 15.1. The summed E-state index contributed by atoms with van der Waals surface area (Å²) in [6, 6.07) is 13.5. The molecule has 0 aliphatic rings. The number of benzene rings is 2. The molecule has 20 heavy (non-hydrogen) atoms. The predicted octanol–water partition coefficient (Wildman–Crippen LogP) is 4.57. The molecule has 0 saturated heterocycles. The van der Waals surface area contributed by atoms with Crippen molar-refractivity contribution in [3.63, 3.8) is 0 Å². The van der Waals surface area contributed by atoms with Gasteiger partial charge in [0.1, 0.15) is 0 Å². The standard InChI is InChI=1S/C15H14Br2N2O/c1-10-8-12(17)4-7-14(10)19-15(20)9-18-13-5-2-11(16)3-6-13/h2-8,18H,9H2,1H3,(H,19,20). The molecule has 2 aromatic rings. The topological polar surface area (TPSA) is 41.1 Å². The molecule has 3 nitrogen and oxygen atoms in total. The summed E-state index contributed by atoms with van der Waals surface area (Å²) in [4.78, 5) is 11.9. The van der Waals surface area contributed by atoms with Crippen molar-refractivity contribution in [2.24, 2.45) is 0 Å². The van der Waals surface area contributed by atoms with Crippen LogP contribution in [0.25, 0.3) is 0 Å². The van der Waals surface area contributed by atoms with Gasteiger partial charge in [0.05, 0.1) is 6.54 Å². The number of rotatable bonds is 4. The molecule has 0 bridgehead atoms. The normalized spacial score (nSPS) is 10.2. The summed E-state index contributed by atoms with van der Waals surface area (Å²) in [6.07, 6.45) is 0. The first-order valence-corrected chi connectivity index (χ1v) is 7.68. The van der Waals surface area contributed by atoms with Crippen LogP contribution in [-0.2, 0) is 4.79 Å². The molecule has 2 N–H and O–H groups in total. The largest absolute Gasteiger partial charge is 0.376 e. The van der Waals surface area contributed by atoms with Crippen LogP contribution in [0.15, 0.2) is 51.4 Å². The number of nitrogens with one attached hydrogen (secondary N) is 2. The second-order valence-corrected chi connectivity index (χ2v) is 6.20. The minimum atomic E-state index is -0.0710. The fourth-order valence-corrected chi connectivity index (χ4v) is 2.45. The van der Waals surface area contributed by atoms with Crippen LogP contribution in [0, 0.1) is 6.92 Å². The Morgan fingerprint density at radius 2 is 1.70 bits per heavy atom. The van der Waals surface area contributed by atoms with Crippen molar-refractivity contribution < 1.29 is 4.79 Å². The summed E-state index contributed by atoms with van der Waals surface area (Å²) in [6.45, 7) is 2.19. The fourth-order valence-electron chi connectivity index (χ4n) is 1.71. The van der Waals surface area contributed by atoms with Gasteiger partial charge in [0.25, 0.3) is 0 Å². The molecule has 0 radical (unpaired) electrons. The third kappa shape index (κ3) is 4.35. The van der Waals surface area contributed by atoms with E-state index in [1.807, 2.05) is 49.4 Å². The summed E-state index contributed by atoms with van der Waals surface area (Å²) in [7, 11) is 0. The Hall–Kier alpha value is -1.33. The highest BCUT2D eigenvalue weighted by atomic mass is 79.9. The first-order chi connectivity index (χ1) is 9.54. The minimum absolute atomic E-state index is 0.0710. The van der Waals surface area contributed by atoms with Gasteiger partial charge < -0.3 is 10.6 Å². The maximum Gasteiger partial charge on any atom is 0.243 e. The van der Waals surface area contributed by atoms with E-state index >= 15 is 0 Å². The Labute approximate surface area is 135 Å². The van der Waals surface area contributed by atoms with Crippen molar-refractivity contribution in [2.45, 2.75) is 6.92 Å². The second kappa shape index (κ2) is 6.90. The zero-order valence-electron chi connectivity index (χ0n) is 10.9. The zero-order chi connectivity index (χ0) is 14.5. The van der Waals surface area contributed by atoms with Crippen LogP contribution in [0.1, 0.15) is 5.56 Å². The van der Waals surface area contributed by atoms with Crippen LogP contribution < -0.4 is 10.6 Å². The number of aryl methyl sites for hydroxylation is 1. The van der Waals surface area contributed by atoms with Gasteiger partial charge in [-0.05, 0) is 55.0 Å². The SMILES string of the molecule is Cc1cc(Br)ccc1NC(=O)CNc1ccc(Br)cc1. The molecule has 0 fully saturated rings.